The third kappa shape index (κ3) is 4.49. The largest absolute Gasteiger partial charge is 0.463 e. The van der Waals surface area contributed by atoms with Crippen LogP contribution in [0.1, 0.15) is 33.6 Å². The summed E-state index contributed by atoms with van der Waals surface area (Å²) in [6, 6.07) is 19.7. The molecule has 1 aliphatic rings. The minimum absolute atomic E-state index is 0.0407. The zero-order chi connectivity index (χ0) is 22.6. The van der Waals surface area contributed by atoms with Gasteiger partial charge in [-0.2, -0.15) is 0 Å². The highest BCUT2D eigenvalue weighted by Crippen LogP contribution is 2.26. The van der Waals surface area contributed by atoms with Gasteiger partial charge in [0.15, 0.2) is 5.76 Å². The topological polar surface area (TPSA) is 93.5 Å². The van der Waals surface area contributed by atoms with Crippen molar-refractivity contribution in [1.82, 2.24) is 10.3 Å². The highest BCUT2D eigenvalue weighted by Gasteiger charge is 2.20. The molecule has 0 unspecified atom stereocenters. The van der Waals surface area contributed by atoms with E-state index in [4.69, 9.17) is 9.15 Å². The van der Waals surface area contributed by atoms with Crippen LogP contribution < -0.4 is 10.6 Å². The number of nitrogens with one attached hydrogen (secondary N) is 2. The van der Waals surface area contributed by atoms with Gasteiger partial charge >= 0.3 is 0 Å². The van der Waals surface area contributed by atoms with Crippen molar-refractivity contribution in [3.63, 3.8) is 0 Å². The Morgan fingerprint density at radius 3 is 2.64 bits per heavy atom. The lowest BCUT2D eigenvalue weighted by molar-refractivity contribution is 0.0858. The van der Waals surface area contributed by atoms with Gasteiger partial charge in [-0.1, -0.05) is 30.3 Å². The number of ether oxygens (including phenoxy) is 1. The van der Waals surface area contributed by atoms with Crippen LogP contribution in [0.25, 0.3) is 22.4 Å². The predicted molar refractivity (Wildman–Crippen MR) is 125 cm³/mol. The molecule has 3 heterocycles. The van der Waals surface area contributed by atoms with E-state index in [1.54, 1.807) is 48.7 Å². The Kier molecular flexibility index (Phi) is 5.87. The molecule has 1 aliphatic heterocycles. The van der Waals surface area contributed by atoms with Gasteiger partial charge in [-0.25, -0.2) is 4.98 Å². The Labute approximate surface area is 190 Å². The molecule has 1 saturated heterocycles. The van der Waals surface area contributed by atoms with Gasteiger partial charge in [0.25, 0.3) is 11.8 Å². The number of hydrogen-bond acceptors (Lipinski definition) is 5. The lowest BCUT2D eigenvalue weighted by Crippen LogP contribution is -2.32. The van der Waals surface area contributed by atoms with Crippen molar-refractivity contribution in [2.75, 3.05) is 18.5 Å². The van der Waals surface area contributed by atoms with Gasteiger partial charge in [-0.3, -0.25) is 9.59 Å². The lowest BCUT2D eigenvalue weighted by Gasteiger charge is -2.14. The second-order valence-electron chi connectivity index (χ2n) is 7.89. The number of amides is 2. The summed E-state index contributed by atoms with van der Waals surface area (Å²) in [5.41, 5.74) is 2.52. The average molecular weight is 441 g/mol. The molecule has 0 saturated carbocycles. The van der Waals surface area contributed by atoms with Crippen LogP contribution in [-0.2, 0) is 4.74 Å². The molecule has 7 nitrogen and oxygen atoms in total. The number of pyridine rings is 1. The number of carbonyl (C=O) groups is 2. The van der Waals surface area contributed by atoms with Crippen LogP contribution in [0, 0.1) is 0 Å². The first-order valence-corrected chi connectivity index (χ1v) is 10.9. The van der Waals surface area contributed by atoms with Gasteiger partial charge in [0.2, 0.25) is 0 Å². The van der Waals surface area contributed by atoms with Gasteiger partial charge in [0.05, 0.1) is 34.7 Å². The molecule has 0 bridgehead atoms. The Balaban J connectivity index is 1.43. The zero-order valence-electron chi connectivity index (χ0n) is 17.9. The first kappa shape index (κ1) is 20.9. The predicted octanol–water partition coefficient (Wildman–Crippen LogP) is 4.66. The monoisotopic (exact) mass is 441 g/mol. The van der Waals surface area contributed by atoms with Crippen LogP contribution in [0.3, 0.4) is 0 Å². The van der Waals surface area contributed by atoms with Gasteiger partial charge < -0.3 is 19.8 Å². The van der Waals surface area contributed by atoms with Crippen molar-refractivity contribution >= 4 is 28.4 Å². The summed E-state index contributed by atoms with van der Waals surface area (Å²) in [4.78, 5) is 30.8. The molecule has 0 aliphatic carbocycles. The van der Waals surface area contributed by atoms with Crippen molar-refractivity contribution in [3.8, 4) is 11.5 Å². The molecular formula is C26H23N3O4. The normalized spacial score (nSPS) is 15.5. The van der Waals surface area contributed by atoms with Crippen molar-refractivity contribution in [1.29, 1.82) is 0 Å². The van der Waals surface area contributed by atoms with Crippen molar-refractivity contribution in [2.24, 2.45) is 0 Å². The summed E-state index contributed by atoms with van der Waals surface area (Å²) in [5.74, 6) is -0.0123. The molecule has 166 valence electrons. The summed E-state index contributed by atoms with van der Waals surface area (Å²) in [6.07, 6.45) is 3.55. The first-order valence-electron chi connectivity index (χ1n) is 10.9. The number of benzene rings is 2. The van der Waals surface area contributed by atoms with Gasteiger partial charge in [-0.05, 0) is 49.2 Å². The van der Waals surface area contributed by atoms with Crippen molar-refractivity contribution < 1.29 is 18.7 Å². The average Bonchev–Trinajstić information content (AvgIpc) is 3.57. The minimum Gasteiger partial charge on any atom is -0.463 e. The molecule has 33 heavy (non-hydrogen) atoms. The maximum Gasteiger partial charge on any atom is 0.256 e. The lowest BCUT2D eigenvalue weighted by atomic mass is 10.1. The SMILES string of the molecule is O=C(NC[C@@H]1CCCO1)c1ccccc1NC(=O)c1cc(-c2ccco2)nc2ccccc12. The van der Waals surface area contributed by atoms with Gasteiger partial charge in [-0.15, -0.1) is 0 Å². The summed E-state index contributed by atoms with van der Waals surface area (Å²) in [7, 11) is 0. The number of aromatic nitrogens is 1. The second-order valence-corrected chi connectivity index (χ2v) is 7.89. The Morgan fingerprint density at radius 1 is 0.970 bits per heavy atom. The van der Waals surface area contributed by atoms with Crippen LogP contribution in [0.2, 0.25) is 0 Å². The summed E-state index contributed by atoms with van der Waals surface area (Å²) < 4.78 is 11.1. The number of fused-ring (bicyclic) bond motifs is 1. The van der Waals surface area contributed by atoms with Crippen LogP contribution in [0.15, 0.2) is 77.4 Å². The fraction of sp³-hybridized carbons (Fsp3) is 0.192. The van der Waals surface area contributed by atoms with E-state index in [0.717, 1.165) is 19.4 Å². The molecule has 5 rings (SSSR count). The quantitative estimate of drug-likeness (QED) is 0.454. The Hall–Kier alpha value is -3.97. The molecule has 1 fully saturated rings. The molecule has 0 radical (unpaired) electrons. The van der Waals surface area contributed by atoms with Crippen molar-refractivity contribution in [2.45, 2.75) is 18.9 Å². The molecule has 0 spiro atoms. The summed E-state index contributed by atoms with van der Waals surface area (Å²) in [6.45, 7) is 1.18. The Bertz CT molecular complexity index is 1290. The van der Waals surface area contributed by atoms with E-state index in [1.807, 2.05) is 24.3 Å². The van der Waals surface area contributed by atoms with Gasteiger partial charge in [0.1, 0.15) is 5.69 Å². The minimum atomic E-state index is -0.333. The number of carbonyl (C=O) groups excluding carboxylic acids is 2. The number of rotatable bonds is 6. The maximum absolute atomic E-state index is 13.4. The molecule has 2 N–H and O–H groups in total. The zero-order valence-corrected chi connectivity index (χ0v) is 17.9. The van der Waals surface area contributed by atoms with Crippen LogP contribution in [0.4, 0.5) is 5.69 Å². The van der Waals surface area contributed by atoms with E-state index in [2.05, 4.69) is 15.6 Å². The number of para-hydroxylation sites is 2. The van der Waals surface area contributed by atoms with E-state index >= 15 is 0 Å². The van der Waals surface area contributed by atoms with E-state index in [-0.39, 0.29) is 17.9 Å². The smallest absolute Gasteiger partial charge is 0.256 e. The number of hydrogen-bond donors (Lipinski definition) is 2. The summed E-state index contributed by atoms with van der Waals surface area (Å²) >= 11 is 0. The highest BCUT2D eigenvalue weighted by molar-refractivity contribution is 6.15. The third-order valence-electron chi connectivity index (χ3n) is 5.67. The maximum atomic E-state index is 13.4. The summed E-state index contributed by atoms with van der Waals surface area (Å²) in [5, 5.41) is 6.54. The fourth-order valence-corrected chi connectivity index (χ4v) is 4.00. The van der Waals surface area contributed by atoms with Crippen molar-refractivity contribution in [3.05, 3.63) is 84.1 Å². The molecule has 2 aromatic heterocycles. The van der Waals surface area contributed by atoms with Crippen LogP contribution in [0.5, 0.6) is 0 Å². The molecule has 2 amide bonds. The molecule has 1 atom stereocenters. The second kappa shape index (κ2) is 9.26. The van der Waals surface area contributed by atoms with Crippen LogP contribution >= 0.6 is 0 Å². The van der Waals surface area contributed by atoms with E-state index in [9.17, 15) is 9.59 Å². The van der Waals surface area contributed by atoms with Crippen LogP contribution in [-0.4, -0.2) is 36.1 Å². The molecular weight excluding hydrogens is 418 g/mol. The molecule has 4 aromatic rings. The van der Waals surface area contributed by atoms with E-state index in [0.29, 0.717) is 45.7 Å². The highest BCUT2D eigenvalue weighted by atomic mass is 16.5. The van der Waals surface area contributed by atoms with E-state index < -0.39 is 0 Å². The number of furan rings is 1. The molecule has 2 aromatic carbocycles. The third-order valence-corrected chi connectivity index (χ3v) is 5.67. The van der Waals surface area contributed by atoms with Gasteiger partial charge in [0, 0.05) is 18.5 Å². The molecule has 7 heteroatoms. The fourth-order valence-electron chi connectivity index (χ4n) is 4.00. The number of anilines is 1. The van der Waals surface area contributed by atoms with E-state index in [1.165, 1.54) is 0 Å². The number of nitrogens with zero attached hydrogens (tertiary/aromatic N) is 1. The first-order chi connectivity index (χ1) is 16.2. The Morgan fingerprint density at radius 2 is 1.82 bits per heavy atom. The standard InChI is InChI=1S/C26H23N3O4/c30-25(27-16-17-7-5-13-32-17)19-9-2-4-11-22(19)29-26(31)20-15-23(24-12-6-14-33-24)28-21-10-3-1-8-18(20)21/h1-4,6,8-12,14-15,17H,5,7,13,16H2,(H,27,30)(H,29,31)/t17-/m0/s1.